The average Bonchev–Trinajstić information content (AvgIpc) is 2.61. The van der Waals surface area contributed by atoms with Crippen LogP contribution in [0.5, 0.6) is 11.5 Å². The standard InChI is InChI=1S/C19H20ClF3O2/c1-3-4-5-6-11-25-15-10-8-13(17(21)19(15)23)12-7-9-14(24-2)18(22)16(12)20/h7-10H,3-6,11H2,1-2H3. The summed E-state index contributed by atoms with van der Waals surface area (Å²) < 4.78 is 52.8. The van der Waals surface area contributed by atoms with Crippen molar-refractivity contribution in [2.45, 2.75) is 32.6 Å². The minimum absolute atomic E-state index is 0.0471. The lowest BCUT2D eigenvalue weighted by molar-refractivity contribution is 0.285. The van der Waals surface area contributed by atoms with Gasteiger partial charge in [-0.05, 0) is 30.7 Å². The Labute approximate surface area is 150 Å². The molecule has 2 rings (SSSR count). The summed E-state index contributed by atoms with van der Waals surface area (Å²) in [6.07, 6.45) is 3.89. The molecule has 0 atom stereocenters. The molecule has 0 saturated heterocycles. The summed E-state index contributed by atoms with van der Waals surface area (Å²) in [5, 5.41) is -0.328. The highest BCUT2D eigenvalue weighted by Crippen LogP contribution is 2.37. The quantitative estimate of drug-likeness (QED) is 0.500. The predicted octanol–water partition coefficient (Wildman–Crippen LogP) is 6.39. The normalized spacial score (nSPS) is 10.8. The molecule has 0 aliphatic rings. The number of benzene rings is 2. The van der Waals surface area contributed by atoms with Gasteiger partial charge >= 0.3 is 0 Å². The van der Waals surface area contributed by atoms with Gasteiger partial charge in [-0.15, -0.1) is 0 Å². The zero-order valence-corrected chi connectivity index (χ0v) is 14.9. The summed E-state index contributed by atoms with van der Waals surface area (Å²) in [6, 6.07) is 5.35. The SMILES string of the molecule is CCCCCCOc1ccc(-c2ccc(OC)c(F)c2Cl)c(F)c1F. The van der Waals surface area contributed by atoms with Gasteiger partial charge in [0.25, 0.3) is 0 Å². The van der Waals surface area contributed by atoms with Crippen LogP contribution in [0.25, 0.3) is 11.1 Å². The van der Waals surface area contributed by atoms with E-state index in [2.05, 4.69) is 6.92 Å². The van der Waals surface area contributed by atoms with Crippen LogP contribution in [0.4, 0.5) is 13.2 Å². The van der Waals surface area contributed by atoms with Crippen molar-refractivity contribution in [1.29, 1.82) is 0 Å². The van der Waals surface area contributed by atoms with E-state index in [1.165, 1.54) is 31.4 Å². The highest BCUT2D eigenvalue weighted by molar-refractivity contribution is 6.33. The van der Waals surface area contributed by atoms with Crippen LogP contribution in [0.3, 0.4) is 0 Å². The highest BCUT2D eigenvalue weighted by Gasteiger charge is 2.20. The lowest BCUT2D eigenvalue weighted by Crippen LogP contribution is -2.02. The van der Waals surface area contributed by atoms with Gasteiger partial charge in [-0.3, -0.25) is 0 Å². The Morgan fingerprint density at radius 3 is 2.20 bits per heavy atom. The monoisotopic (exact) mass is 372 g/mol. The van der Waals surface area contributed by atoms with Crippen LogP contribution in [0, 0.1) is 17.5 Å². The van der Waals surface area contributed by atoms with Crippen LogP contribution in [0.2, 0.25) is 5.02 Å². The number of hydrogen-bond donors (Lipinski definition) is 0. The summed E-state index contributed by atoms with van der Waals surface area (Å²) in [5.74, 6) is -3.29. The van der Waals surface area contributed by atoms with Gasteiger partial charge in [-0.25, -0.2) is 8.78 Å². The lowest BCUT2D eigenvalue weighted by Gasteiger charge is -2.12. The summed E-state index contributed by atoms with van der Waals surface area (Å²) in [7, 11) is 1.29. The van der Waals surface area contributed by atoms with Crippen molar-refractivity contribution in [3.63, 3.8) is 0 Å². The molecule has 0 heterocycles. The molecule has 2 nitrogen and oxygen atoms in total. The van der Waals surface area contributed by atoms with Gasteiger partial charge in [0, 0.05) is 11.1 Å². The Kier molecular flexibility index (Phi) is 7.00. The highest BCUT2D eigenvalue weighted by atomic mass is 35.5. The molecule has 0 spiro atoms. The van der Waals surface area contributed by atoms with Gasteiger partial charge in [0.1, 0.15) is 0 Å². The van der Waals surface area contributed by atoms with E-state index in [4.69, 9.17) is 21.1 Å². The molecule has 0 bridgehead atoms. The fourth-order valence-corrected chi connectivity index (χ4v) is 2.72. The molecular weight excluding hydrogens is 353 g/mol. The molecule has 136 valence electrons. The molecule has 2 aromatic rings. The van der Waals surface area contributed by atoms with Gasteiger partial charge in [0.05, 0.1) is 18.7 Å². The Bertz CT molecular complexity index is 735. The van der Waals surface area contributed by atoms with E-state index in [9.17, 15) is 13.2 Å². The first-order chi connectivity index (χ1) is 12.0. The number of hydrogen-bond acceptors (Lipinski definition) is 2. The summed E-state index contributed by atoms with van der Waals surface area (Å²) in [4.78, 5) is 0. The third-order valence-corrected chi connectivity index (χ3v) is 4.23. The molecule has 0 radical (unpaired) electrons. The minimum Gasteiger partial charge on any atom is -0.494 e. The first-order valence-corrected chi connectivity index (χ1v) is 8.52. The Hall–Kier alpha value is -1.88. The second kappa shape index (κ2) is 8.99. The van der Waals surface area contributed by atoms with E-state index in [0.29, 0.717) is 6.61 Å². The fourth-order valence-electron chi connectivity index (χ4n) is 2.46. The molecule has 0 aromatic heterocycles. The molecule has 0 aliphatic carbocycles. The summed E-state index contributed by atoms with van der Waals surface area (Å²) >= 11 is 5.93. The molecule has 0 N–H and O–H groups in total. The van der Waals surface area contributed by atoms with Gasteiger partial charge < -0.3 is 9.47 Å². The molecule has 0 unspecified atom stereocenters. The Morgan fingerprint density at radius 1 is 0.840 bits per heavy atom. The Balaban J connectivity index is 2.24. The van der Waals surface area contributed by atoms with Crippen LogP contribution in [0.1, 0.15) is 32.6 Å². The minimum atomic E-state index is -1.13. The van der Waals surface area contributed by atoms with Crippen LogP contribution >= 0.6 is 11.6 Å². The maximum absolute atomic E-state index is 14.4. The molecule has 0 amide bonds. The number of halogens is 4. The van der Waals surface area contributed by atoms with Crippen LogP contribution < -0.4 is 9.47 Å². The Morgan fingerprint density at radius 2 is 1.52 bits per heavy atom. The molecule has 25 heavy (non-hydrogen) atoms. The van der Waals surface area contributed by atoms with Gasteiger partial charge in [0.15, 0.2) is 23.1 Å². The molecule has 0 fully saturated rings. The van der Waals surface area contributed by atoms with Crippen LogP contribution in [0.15, 0.2) is 24.3 Å². The van der Waals surface area contributed by atoms with Crippen molar-refractivity contribution in [2.75, 3.05) is 13.7 Å². The average molecular weight is 373 g/mol. The van der Waals surface area contributed by atoms with Crippen molar-refractivity contribution < 1.29 is 22.6 Å². The third kappa shape index (κ3) is 4.40. The second-order valence-electron chi connectivity index (χ2n) is 5.59. The summed E-state index contributed by atoms with van der Waals surface area (Å²) in [6.45, 7) is 2.40. The fraction of sp³-hybridized carbons (Fsp3) is 0.368. The van der Waals surface area contributed by atoms with Crippen LogP contribution in [-0.4, -0.2) is 13.7 Å². The van der Waals surface area contributed by atoms with Gasteiger partial charge in [-0.2, -0.15) is 4.39 Å². The van der Waals surface area contributed by atoms with Gasteiger partial charge in [-0.1, -0.05) is 37.8 Å². The third-order valence-electron chi connectivity index (χ3n) is 3.86. The molecule has 0 saturated carbocycles. The van der Waals surface area contributed by atoms with Crippen molar-refractivity contribution in [3.8, 4) is 22.6 Å². The van der Waals surface area contributed by atoms with Crippen LogP contribution in [-0.2, 0) is 0 Å². The molecule has 6 heteroatoms. The predicted molar refractivity (Wildman–Crippen MR) is 93.0 cm³/mol. The molecular formula is C19H20ClF3O2. The largest absolute Gasteiger partial charge is 0.494 e. The summed E-state index contributed by atoms with van der Waals surface area (Å²) in [5.41, 5.74) is -0.0896. The first-order valence-electron chi connectivity index (χ1n) is 8.14. The zero-order chi connectivity index (χ0) is 18.4. The van der Waals surface area contributed by atoms with Crippen molar-refractivity contribution in [1.82, 2.24) is 0 Å². The van der Waals surface area contributed by atoms with E-state index in [0.717, 1.165) is 25.7 Å². The van der Waals surface area contributed by atoms with E-state index < -0.39 is 17.5 Å². The van der Waals surface area contributed by atoms with E-state index in [-0.39, 0.29) is 27.6 Å². The second-order valence-corrected chi connectivity index (χ2v) is 5.97. The van der Waals surface area contributed by atoms with E-state index in [1.54, 1.807) is 0 Å². The first kappa shape index (κ1) is 19.4. The smallest absolute Gasteiger partial charge is 0.201 e. The number of ether oxygens (including phenoxy) is 2. The molecule has 2 aromatic carbocycles. The maximum Gasteiger partial charge on any atom is 0.201 e. The number of unbranched alkanes of at least 4 members (excludes halogenated alkanes) is 3. The number of methoxy groups -OCH3 is 1. The zero-order valence-electron chi connectivity index (χ0n) is 14.2. The topological polar surface area (TPSA) is 18.5 Å². The van der Waals surface area contributed by atoms with Crippen molar-refractivity contribution >= 4 is 11.6 Å². The van der Waals surface area contributed by atoms with E-state index in [1.807, 2.05) is 0 Å². The van der Waals surface area contributed by atoms with Gasteiger partial charge in [0.2, 0.25) is 5.82 Å². The van der Waals surface area contributed by atoms with Crippen molar-refractivity contribution in [3.05, 3.63) is 46.7 Å². The molecule has 0 aliphatic heterocycles. The lowest BCUT2D eigenvalue weighted by atomic mass is 10.0. The van der Waals surface area contributed by atoms with E-state index >= 15 is 0 Å². The van der Waals surface area contributed by atoms with Crippen molar-refractivity contribution in [2.24, 2.45) is 0 Å². The maximum atomic E-state index is 14.4. The number of rotatable bonds is 8.